The van der Waals surface area contributed by atoms with Gasteiger partial charge in [0.15, 0.2) is 0 Å². The van der Waals surface area contributed by atoms with Gasteiger partial charge in [0.2, 0.25) is 0 Å². The molecule has 0 aliphatic heterocycles. The number of aryl methyl sites for hydroxylation is 1. The van der Waals surface area contributed by atoms with Crippen LogP contribution in [0.5, 0.6) is 0 Å². The first-order valence-electron chi connectivity index (χ1n) is 10.7. The molecule has 0 aliphatic rings. The lowest BCUT2D eigenvalue weighted by Crippen LogP contribution is -1.98. The Labute approximate surface area is 190 Å². The van der Waals surface area contributed by atoms with Crippen LogP contribution in [0.3, 0.4) is 0 Å². The molecule has 6 nitrogen and oxygen atoms in total. The van der Waals surface area contributed by atoms with E-state index in [0.717, 1.165) is 50.9 Å². The highest BCUT2D eigenvalue weighted by Crippen LogP contribution is 2.28. The van der Waals surface area contributed by atoms with Crippen molar-refractivity contribution in [2.45, 2.75) is 6.92 Å². The second kappa shape index (κ2) is 7.84. The minimum absolute atomic E-state index is 0.816. The summed E-state index contributed by atoms with van der Waals surface area (Å²) in [6, 6.07) is 24.4. The van der Waals surface area contributed by atoms with Crippen molar-refractivity contribution >= 4 is 11.0 Å². The Bertz CT molecular complexity index is 1540. The number of rotatable bonds is 4. The van der Waals surface area contributed by atoms with Crippen molar-refractivity contribution in [2.24, 2.45) is 0 Å². The largest absolute Gasteiger partial charge is 0.301 e. The Hall–Kier alpha value is -4.58. The summed E-state index contributed by atoms with van der Waals surface area (Å²) >= 11 is 0. The molecule has 6 rings (SSSR count). The normalized spacial score (nSPS) is 11.2. The Kier molecular flexibility index (Phi) is 4.54. The van der Waals surface area contributed by atoms with Gasteiger partial charge in [-0.05, 0) is 73.7 Å². The Morgan fingerprint density at radius 2 is 1.52 bits per heavy atom. The van der Waals surface area contributed by atoms with Crippen molar-refractivity contribution in [2.75, 3.05) is 0 Å². The third kappa shape index (κ3) is 3.47. The lowest BCUT2D eigenvalue weighted by Gasteiger charge is -2.09. The minimum atomic E-state index is 0.816. The van der Waals surface area contributed by atoms with Crippen molar-refractivity contribution in [3.05, 3.63) is 109 Å². The van der Waals surface area contributed by atoms with E-state index in [-0.39, 0.29) is 0 Å². The molecule has 0 aliphatic carbocycles. The fourth-order valence-electron chi connectivity index (χ4n) is 3.97. The number of aromatic nitrogens is 6. The molecule has 0 bridgehead atoms. The lowest BCUT2D eigenvalue weighted by atomic mass is 10.2. The van der Waals surface area contributed by atoms with Crippen LogP contribution in [-0.2, 0) is 0 Å². The molecule has 0 spiro atoms. The van der Waals surface area contributed by atoms with Crippen molar-refractivity contribution in [3.8, 4) is 34.2 Å². The van der Waals surface area contributed by atoms with Crippen LogP contribution >= 0.6 is 0 Å². The first kappa shape index (κ1) is 19.1. The van der Waals surface area contributed by atoms with Gasteiger partial charge in [-0.15, -0.1) is 0 Å². The monoisotopic (exact) mass is 428 g/mol. The predicted octanol–water partition coefficient (Wildman–Crippen LogP) is 5.64. The number of nitrogens with zero attached hydrogens (tertiary/aromatic N) is 6. The third-order valence-electron chi connectivity index (χ3n) is 5.66. The summed E-state index contributed by atoms with van der Waals surface area (Å²) in [5.74, 6) is 0.836. The molecule has 0 unspecified atom stereocenters. The molecule has 0 saturated heterocycles. The standard InChI is InChI=1S/C27H20N6/c1-19-7-10-23(17-30-19)33-18-25(24-6-2-3-14-28-24)31-27(33)21-8-11-22(12-9-21)32-16-13-20-5-4-15-29-26(20)32/h2-18H,1H3. The summed E-state index contributed by atoms with van der Waals surface area (Å²) in [4.78, 5) is 18.4. The Morgan fingerprint density at radius 1 is 0.667 bits per heavy atom. The van der Waals surface area contributed by atoms with Crippen molar-refractivity contribution < 1.29 is 0 Å². The van der Waals surface area contributed by atoms with Gasteiger partial charge in [0.05, 0.1) is 17.6 Å². The van der Waals surface area contributed by atoms with Crippen LogP contribution in [0, 0.1) is 6.92 Å². The first-order chi connectivity index (χ1) is 16.3. The van der Waals surface area contributed by atoms with Gasteiger partial charge in [-0.1, -0.05) is 6.07 Å². The molecule has 1 aromatic carbocycles. The molecule has 6 aromatic rings. The summed E-state index contributed by atoms with van der Waals surface area (Å²) in [7, 11) is 0. The molecular formula is C27H20N6. The van der Waals surface area contributed by atoms with E-state index in [0.29, 0.717) is 0 Å². The average Bonchev–Trinajstić information content (AvgIpc) is 3.50. The quantitative estimate of drug-likeness (QED) is 0.364. The van der Waals surface area contributed by atoms with E-state index in [9.17, 15) is 0 Å². The molecule has 5 heterocycles. The number of hydrogen-bond donors (Lipinski definition) is 0. The molecular weight excluding hydrogens is 408 g/mol. The molecule has 0 radical (unpaired) electrons. The van der Waals surface area contributed by atoms with E-state index in [4.69, 9.17) is 4.98 Å². The topological polar surface area (TPSA) is 61.4 Å². The fraction of sp³-hybridized carbons (Fsp3) is 0.0370. The molecule has 33 heavy (non-hydrogen) atoms. The van der Waals surface area contributed by atoms with E-state index in [1.54, 1.807) is 6.20 Å². The van der Waals surface area contributed by atoms with Gasteiger partial charge >= 0.3 is 0 Å². The Balaban J connectivity index is 1.45. The molecule has 0 amide bonds. The van der Waals surface area contributed by atoms with Crippen LogP contribution in [0.1, 0.15) is 5.69 Å². The van der Waals surface area contributed by atoms with Crippen molar-refractivity contribution in [3.63, 3.8) is 0 Å². The SMILES string of the molecule is Cc1ccc(-n2cc(-c3ccccn3)nc2-c2ccc(-n3ccc4cccnc43)cc2)cn1. The summed E-state index contributed by atoms with van der Waals surface area (Å²) < 4.78 is 4.16. The predicted molar refractivity (Wildman–Crippen MR) is 129 cm³/mol. The lowest BCUT2D eigenvalue weighted by molar-refractivity contribution is 1.03. The van der Waals surface area contributed by atoms with Crippen LogP contribution < -0.4 is 0 Å². The summed E-state index contributed by atoms with van der Waals surface area (Å²) in [6.07, 6.45) is 9.53. The van der Waals surface area contributed by atoms with Gasteiger partial charge in [-0.25, -0.2) is 9.97 Å². The second-order valence-corrected chi connectivity index (χ2v) is 7.84. The summed E-state index contributed by atoms with van der Waals surface area (Å²) in [5, 5.41) is 1.11. The van der Waals surface area contributed by atoms with E-state index in [1.807, 2.05) is 62.0 Å². The molecule has 6 heteroatoms. The van der Waals surface area contributed by atoms with Gasteiger partial charge < -0.3 is 4.57 Å². The molecule has 0 atom stereocenters. The highest BCUT2D eigenvalue weighted by Gasteiger charge is 2.14. The van der Waals surface area contributed by atoms with Gasteiger partial charge in [-0.2, -0.15) is 0 Å². The van der Waals surface area contributed by atoms with E-state index in [1.165, 1.54) is 0 Å². The van der Waals surface area contributed by atoms with Crippen LogP contribution in [0.15, 0.2) is 104 Å². The molecule has 158 valence electrons. The highest BCUT2D eigenvalue weighted by atomic mass is 15.1. The maximum Gasteiger partial charge on any atom is 0.145 e. The minimum Gasteiger partial charge on any atom is -0.301 e. The van der Waals surface area contributed by atoms with Gasteiger partial charge in [-0.3, -0.25) is 14.5 Å². The smallest absolute Gasteiger partial charge is 0.145 e. The average molecular weight is 428 g/mol. The zero-order valence-corrected chi connectivity index (χ0v) is 18.0. The fourth-order valence-corrected chi connectivity index (χ4v) is 3.97. The zero-order chi connectivity index (χ0) is 22.2. The van der Waals surface area contributed by atoms with Crippen molar-refractivity contribution in [1.82, 2.24) is 29.1 Å². The number of hydrogen-bond acceptors (Lipinski definition) is 4. The molecule has 5 aromatic heterocycles. The summed E-state index contributed by atoms with van der Waals surface area (Å²) in [5.41, 5.74) is 6.57. The first-order valence-corrected chi connectivity index (χ1v) is 10.7. The number of benzene rings is 1. The van der Waals surface area contributed by atoms with Gasteiger partial charge in [0, 0.05) is 47.1 Å². The van der Waals surface area contributed by atoms with Crippen molar-refractivity contribution in [1.29, 1.82) is 0 Å². The highest BCUT2D eigenvalue weighted by molar-refractivity contribution is 5.78. The van der Waals surface area contributed by atoms with Crippen LogP contribution in [0.2, 0.25) is 0 Å². The third-order valence-corrected chi connectivity index (χ3v) is 5.66. The molecule has 0 saturated carbocycles. The number of fused-ring (bicyclic) bond motifs is 1. The van der Waals surface area contributed by atoms with Gasteiger partial charge in [0.1, 0.15) is 17.2 Å². The van der Waals surface area contributed by atoms with Crippen LogP contribution in [0.25, 0.3) is 45.2 Å². The Morgan fingerprint density at radius 3 is 2.30 bits per heavy atom. The maximum atomic E-state index is 4.95. The maximum absolute atomic E-state index is 4.95. The van der Waals surface area contributed by atoms with Gasteiger partial charge in [0.25, 0.3) is 0 Å². The molecule has 0 N–H and O–H groups in total. The van der Waals surface area contributed by atoms with Crippen LogP contribution in [0.4, 0.5) is 0 Å². The zero-order valence-electron chi connectivity index (χ0n) is 18.0. The summed E-state index contributed by atoms with van der Waals surface area (Å²) in [6.45, 7) is 1.98. The van der Waals surface area contributed by atoms with E-state index < -0.39 is 0 Å². The number of imidazole rings is 1. The van der Waals surface area contributed by atoms with E-state index in [2.05, 4.69) is 66.6 Å². The number of pyridine rings is 3. The molecule has 0 fully saturated rings. The second-order valence-electron chi connectivity index (χ2n) is 7.84. The van der Waals surface area contributed by atoms with Crippen LogP contribution in [-0.4, -0.2) is 29.1 Å². The van der Waals surface area contributed by atoms with E-state index >= 15 is 0 Å².